The molecule has 0 saturated carbocycles. The number of piperazine rings is 1. The van der Waals surface area contributed by atoms with E-state index in [2.05, 4.69) is 15.0 Å². The minimum atomic E-state index is -3.35. The molecule has 11 heteroatoms. The van der Waals surface area contributed by atoms with Gasteiger partial charge in [0.1, 0.15) is 0 Å². The molecule has 0 N–H and O–H groups in total. The summed E-state index contributed by atoms with van der Waals surface area (Å²) in [6.07, 6.45) is 0. The number of thiophene rings is 1. The summed E-state index contributed by atoms with van der Waals surface area (Å²) in [4.78, 5) is 20.9. The van der Waals surface area contributed by atoms with Gasteiger partial charge in [-0.3, -0.25) is 9.69 Å². The van der Waals surface area contributed by atoms with E-state index < -0.39 is 10.0 Å². The third-order valence-corrected chi connectivity index (χ3v) is 9.13. The molecule has 32 heavy (non-hydrogen) atoms. The van der Waals surface area contributed by atoms with E-state index in [9.17, 15) is 13.2 Å². The average Bonchev–Trinajstić information content (AvgIpc) is 3.45. The number of nitrogens with zero attached hydrogens (tertiary/aromatic N) is 5. The first-order valence-corrected chi connectivity index (χ1v) is 13.5. The molecule has 0 radical (unpaired) electrons. The van der Waals surface area contributed by atoms with E-state index >= 15 is 0 Å². The standard InChI is InChI=1S/C21H21N5O3S3/c27-19-13-17(22-21-26(19)23-20(31-21)18-7-4-12-30-18)14-24-8-10-25(11-9-24)32(28,29)15-16-5-2-1-3-6-16/h1-7,12-13H,8-11,14-15H2. The smallest absolute Gasteiger partial charge is 0.275 e. The highest BCUT2D eigenvalue weighted by Gasteiger charge is 2.27. The fourth-order valence-electron chi connectivity index (χ4n) is 3.71. The van der Waals surface area contributed by atoms with Crippen LogP contribution in [0, 0.1) is 0 Å². The van der Waals surface area contributed by atoms with Crippen molar-refractivity contribution in [1.82, 2.24) is 23.8 Å². The van der Waals surface area contributed by atoms with Gasteiger partial charge in [0, 0.05) is 38.8 Å². The first kappa shape index (κ1) is 21.4. The van der Waals surface area contributed by atoms with Gasteiger partial charge < -0.3 is 0 Å². The third kappa shape index (κ3) is 4.52. The van der Waals surface area contributed by atoms with Gasteiger partial charge in [0.05, 0.1) is 16.3 Å². The highest BCUT2D eigenvalue weighted by molar-refractivity contribution is 7.88. The molecule has 1 aliphatic heterocycles. The summed E-state index contributed by atoms with van der Waals surface area (Å²) in [7, 11) is -3.35. The molecule has 1 aromatic carbocycles. The van der Waals surface area contributed by atoms with Gasteiger partial charge in [-0.15, -0.1) is 11.3 Å². The predicted octanol–water partition coefficient (Wildman–Crippen LogP) is 2.53. The minimum Gasteiger partial charge on any atom is -0.295 e. The molecule has 4 heterocycles. The number of rotatable bonds is 6. The van der Waals surface area contributed by atoms with Crippen LogP contribution < -0.4 is 5.56 Å². The average molecular weight is 488 g/mol. The Morgan fingerprint density at radius 1 is 1.00 bits per heavy atom. The highest BCUT2D eigenvalue weighted by Crippen LogP contribution is 2.28. The minimum absolute atomic E-state index is 0.0147. The quantitative estimate of drug-likeness (QED) is 0.415. The Labute approximate surface area is 193 Å². The molecule has 166 valence electrons. The molecular formula is C21H21N5O3S3. The maximum atomic E-state index is 12.8. The summed E-state index contributed by atoms with van der Waals surface area (Å²) in [6.45, 7) is 2.56. The van der Waals surface area contributed by atoms with Crippen molar-refractivity contribution >= 4 is 37.7 Å². The van der Waals surface area contributed by atoms with Crippen molar-refractivity contribution in [1.29, 1.82) is 0 Å². The number of aromatic nitrogens is 3. The van der Waals surface area contributed by atoms with Crippen LogP contribution in [0.4, 0.5) is 0 Å². The van der Waals surface area contributed by atoms with E-state index in [1.54, 1.807) is 15.6 Å². The van der Waals surface area contributed by atoms with E-state index in [1.165, 1.54) is 21.9 Å². The zero-order valence-electron chi connectivity index (χ0n) is 17.1. The second kappa shape index (κ2) is 8.83. The SMILES string of the molecule is O=c1cc(CN2CCN(S(=O)(=O)Cc3ccccc3)CC2)nc2sc(-c3cccs3)nn12. The summed E-state index contributed by atoms with van der Waals surface area (Å²) in [6, 6.07) is 14.7. The summed E-state index contributed by atoms with van der Waals surface area (Å²) < 4.78 is 28.4. The predicted molar refractivity (Wildman–Crippen MR) is 126 cm³/mol. The van der Waals surface area contributed by atoms with Gasteiger partial charge in [0.25, 0.3) is 5.56 Å². The number of fused-ring (bicyclic) bond motifs is 1. The lowest BCUT2D eigenvalue weighted by atomic mass is 10.2. The number of hydrogen-bond acceptors (Lipinski definition) is 8. The maximum Gasteiger partial charge on any atom is 0.275 e. The van der Waals surface area contributed by atoms with Crippen LogP contribution in [0.5, 0.6) is 0 Å². The normalized spacial score (nSPS) is 16.0. The molecule has 0 atom stereocenters. The zero-order valence-corrected chi connectivity index (χ0v) is 19.6. The van der Waals surface area contributed by atoms with Gasteiger partial charge in [-0.2, -0.15) is 13.9 Å². The van der Waals surface area contributed by atoms with Gasteiger partial charge in [0.2, 0.25) is 15.0 Å². The summed E-state index contributed by atoms with van der Waals surface area (Å²) in [5, 5.41) is 7.15. The monoisotopic (exact) mass is 487 g/mol. The lowest BCUT2D eigenvalue weighted by Gasteiger charge is -2.33. The van der Waals surface area contributed by atoms with Crippen LogP contribution in [0.1, 0.15) is 11.3 Å². The Morgan fingerprint density at radius 2 is 1.78 bits per heavy atom. The lowest BCUT2D eigenvalue weighted by Crippen LogP contribution is -2.48. The van der Waals surface area contributed by atoms with E-state index in [0.717, 1.165) is 15.4 Å². The molecule has 3 aromatic heterocycles. The fourth-order valence-corrected chi connectivity index (χ4v) is 6.94. The van der Waals surface area contributed by atoms with Crippen LogP contribution >= 0.6 is 22.7 Å². The van der Waals surface area contributed by atoms with Gasteiger partial charge in [-0.25, -0.2) is 13.4 Å². The highest BCUT2D eigenvalue weighted by atomic mass is 32.2. The van der Waals surface area contributed by atoms with Gasteiger partial charge in [0.15, 0.2) is 5.01 Å². The largest absolute Gasteiger partial charge is 0.295 e. The van der Waals surface area contributed by atoms with Crippen molar-refractivity contribution in [2.45, 2.75) is 12.3 Å². The molecule has 0 bridgehead atoms. The van der Waals surface area contributed by atoms with Crippen LogP contribution in [0.25, 0.3) is 14.8 Å². The Bertz CT molecular complexity index is 1370. The topological polar surface area (TPSA) is 87.9 Å². The van der Waals surface area contributed by atoms with Crippen molar-refractivity contribution < 1.29 is 8.42 Å². The van der Waals surface area contributed by atoms with Crippen LogP contribution in [0.3, 0.4) is 0 Å². The third-order valence-electron chi connectivity index (χ3n) is 5.33. The van der Waals surface area contributed by atoms with E-state index in [4.69, 9.17) is 0 Å². The van der Waals surface area contributed by atoms with Gasteiger partial charge >= 0.3 is 0 Å². The van der Waals surface area contributed by atoms with Crippen LogP contribution in [0.15, 0.2) is 58.7 Å². The van der Waals surface area contributed by atoms with E-state index in [-0.39, 0.29) is 11.3 Å². The van der Waals surface area contributed by atoms with E-state index in [0.29, 0.717) is 43.4 Å². The Hall–Kier alpha value is -2.44. The molecule has 0 aliphatic carbocycles. The number of benzene rings is 1. The molecule has 5 rings (SSSR count). The van der Waals surface area contributed by atoms with Crippen molar-refractivity contribution in [2.75, 3.05) is 26.2 Å². The maximum absolute atomic E-state index is 12.8. The Morgan fingerprint density at radius 3 is 2.50 bits per heavy atom. The van der Waals surface area contributed by atoms with Crippen molar-refractivity contribution in [3.8, 4) is 9.88 Å². The Balaban J connectivity index is 1.25. The molecule has 4 aromatic rings. The Kier molecular flexibility index (Phi) is 5.91. The molecule has 0 amide bonds. The van der Waals surface area contributed by atoms with Gasteiger partial charge in [-0.1, -0.05) is 47.7 Å². The fraction of sp³-hybridized carbons (Fsp3) is 0.286. The molecule has 8 nitrogen and oxygen atoms in total. The number of hydrogen-bond donors (Lipinski definition) is 0. The molecule has 1 aliphatic rings. The van der Waals surface area contributed by atoms with Crippen molar-refractivity contribution in [3.05, 3.63) is 75.5 Å². The van der Waals surface area contributed by atoms with Crippen molar-refractivity contribution in [3.63, 3.8) is 0 Å². The molecule has 0 spiro atoms. The summed E-state index contributed by atoms with van der Waals surface area (Å²) in [5.41, 5.74) is 1.27. The number of sulfonamides is 1. The second-order valence-corrected chi connectivity index (χ2v) is 11.5. The summed E-state index contributed by atoms with van der Waals surface area (Å²) >= 11 is 2.97. The first-order valence-electron chi connectivity index (χ1n) is 10.2. The van der Waals surface area contributed by atoms with Crippen LogP contribution in [-0.2, 0) is 22.3 Å². The van der Waals surface area contributed by atoms with Crippen LogP contribution in [0.2, 0.25) is 0 Å². The zero-order chi connectivity index (χ0) is 22.1. The first-order chi connectivity index (χ1) is 15.5. The van der Waals surface area contributed by atoms with Gasteiger partial charge in [-0.05, 0) is 17.0 Å². The van der Waals surface area contributed by atoms with Crippen molar-refractivity contribution in [2.24, 2.45) is 0 Å². The molecule has 1 saturated heterocycles. The molecule has 1 fully saturated rings. The lowest BCUT2D eigenvalue weighted by molar-refractivity contribution is 0.180. The molecular weight excluding hydrogens is 466 g/mol. The summed E-state index contributed by atoms with van der Waals surface area (Å²) in [5.74, 6) is 0.0147. The van der Waals surface area contributed by atoms with E-state index in [1.807, 2.05) is 47.8 Å². The van der Waals surface area contributed by atoms with Crippen LogP contribution in [-0.4, -0.2) is 58.4 Å². The molecule has 0 unspecified atom stereocenters. The second-order valence-electron chi connectivity index (χ2n) is 7.58.